The second-order valence-electron chi connectivity index (χ2n) is 4.00. The van der Waals surface area contributed by atoms with Crippen LogP contribution in [0.3, 0.4) is 0 Å². The fraction of sp³-hybridized carbons (Fsp3) is 0.312. The molecule has 0 radical (unpaired) electrons. The molecule has 0 spiro atoms. The Morgan fingerprint density at radius 2 is 1.85 bits per heavy atom. The predicted molar refractivity (Wildman–Crippen MR) is 77.3 cm³/mol. The van der Waals surface area contributed by atoms with Gasteiger partial charge >= 0.3 is 6.16 Å². The SMILES string of the molecule is C=C[C@@H](OCc1ccccc1)[C@@H](C=C)OC(=O)OCC. The molecule has 0 unspecified atom stereocenters. The van der Waals surface area contributed by atoms with Gasteiger partial charge in [-0.1, -0.05) is 43.0 Å². The third-order valence-corrected chi connectivity index (χ3v) is 2.57. The highest BCUT2D eigenvalue weighted by Crippen LogP contribution is 2.11. The largest absolute Gasteiger partial charge is 0.508 e. The molecule has 1 rings (SSSR count). The maximum Gasteiger partial charge on any atom is 0.508 e. The molecule has 0 saturated heterocycles. The number of carbonyl (C=O) groups is 1. The van der Waals surface area contributed by atoms with Gasteiger partial charge in [0.25, 0.3) is 0 Å². The molecule has 4 nitrogen and oxygen atoms in total. The summed E-state index contributed by atoms with van der Waals surface area (Å²) in [7, 11) is 0. The van der Waals surface area contributed by atoms with Gasteiger partial charge in [0, 0.05) is 0 Å². The highest BCUT2D eigenvalue weighted by molar-refractivity contribution is 5.60. The van der Waals surface area contributed by atoms with E-state index in [1.54, 1.807) is 13.0 Å². The molecule has 0 bridgehead atoms. The first-order valence-electron chi connectivity index (χ1n) is 6.45. The van der Waals surface area contributed by atoms with Crippen molar-refractivity contribution in [3.05, 3.63) is 61.2 Å². The standard InChI is InChI=1S/C16H20O4/c1-4-14(15(5-2)20-16(17)18-6-3)19-12-13-10-8-7-9-11-13/h4-5,7-11,14-15H,1-2,6,12H2,3H3/t14-,15-/m1/s1. The molecule has 1 aromatic carbocycles. The van der Waals surface area contributed by atoms with E-state index < -0.39 is 18.4 Å². The summed E-state index contributed by atoms with van der Waals surface area (Å²) in [6, 6.07) is 9.71. The van der Waals surface area contributed by atoms with Crippen molar-refractivity contribution in [1.82, 2.24) is 0 Å². The van der Waals surface area contributed by atoms with E-state index in [0.29, 0.717) is 6.61 Å². The van der Waals surface area contributed by atoms with Crippen LogP contribution in [0.2, 0.25) is 0 Å². The van der Waals surface area contributed by atoms with Gasteiger partial charge in [0.05, 0.1) is 13.2 Å². The van der Waals surface area contributed by atoms with Gasteiger partial charge in [0.15, 0.2) is 6.10 Å². The Bertz CT molecular complexity index is 427. The summed E-state index contributed by atoms with van der Waals surface area (Å²) in [5.74, 6) is 0. The van der Waals surface area contributed by atoms with Gasteiger partial charge in [-0.25, -0.2) is 4.79 Å². The van der Waals surface area contributed by atoms with Crippen LogP contribution in [-0.4, -0.2) is 25.0 Å². The van der Waals surface area contributed by atoms with E-state index in [0.717, 1.165) is 5.56 Å². The average Bonchev–Trinajstić information content (AvgIpc) is 2.48. The van der Waals surface area contributed by atoms with Gasteiger partial charge in [0.2, 0.25) is 0 Å². The quantitative estimate of drug-likeness (QED) is 0.538. The summed E-state index contributed by atoms with van der Waals surface area (Å²) < 4.78 is 15.5. The lowest BCUT2D eigenvalue weighted by Gasteiger charge is -2.21. The zero-order valence-corrected chi connectivity index (χ0v) is 11.7. The van der Waals surface area contributed by atoms with Crippen LogP contribution in [0.5, 0.6) is 0 Å². The maximum absolute atomic E-state index is 11.3. The van der Waals surface area contributed by atoms with Crippen molar-refractivity contribution in [1.29, 1.82) is 0 Å². The average molecular weight is 276 g/mol. The van der Waals surface area contributed by atoms with Crippen molar-refractivity contribution in [2.24, 2.45) is 0 Å². The van der Waals surface area contributed by atoms with E-state index in [1.807, 2.05) is 30.3 Å². The molecule has 4 heteroatoms. The van der Waals surface area contributed by atoms with Crippen LogP contribution in [0, 0.1) is 0 Å². The second-order valence-corrected chi connectivity index (χ2v) is 4.00. The zero-order chi connectivity index (χ0) is 14.8. The molecule has 2 atom stereocenters. The predicted octanol–water partition coefficient (Wildman–Crippen LogP) is 3.49. The smallest absolute Gasteiger partial charge is 0.435 e. The molecule has 0 fully saturated rings. The Morgan fingerprint density at radius 1 is 1.20 bits per heavy atom. The molecule has 0 saturated carbocycles. The lowest BCUT2D eigenvalue weighted by atomic mass is 10.2. The summed E-state index contributed by atoms with van der Waals surface area (Å²) in [4.78, 5) is 11.3. The van der Waals surface area contributed by atoms with Crippen molar-refractivity contribution in [3.63, 3.8) is 0 Å². The van der Waals surface area contributed by atoms with Crippen molar-refractivity contribution in [3.8, 4) is 0 Å². The molecule has 0 aromatic heterocycles. The van der Waals surface area contributed by atoms with Crippen LogP contribution in [0.25, 0.3) is 0 Å². The number of ether oxygens (including phenoxy) is 3. The van der Waals surface area contributed by atoms with E-state index in [2.05, 4.69) is 13.2 Å². The van der Waals surface area contributed by atoms with E-state index in [1.165, 1.54) is 6.08 Å². The molecule has 1 aromatic rings. The normalized spacial score (nSPS) is 13.1. The van der Waals surface area contributed by atoms with Gasteiger partial charge in [-0.15, -0.1) is 6.58 Å². The van der Waals surface area contributed by atoms with Gasteiger partial charge < -0.3 is 14.2 Å². The first kappa shape index (κ1) is 16.0. The van der Waals surface area contributed by atoms with Crippen molar-refractivity contribution in [2.75, 3.05) is 6.61 Å². The van der Waals surface area contributed by atoms with Crippen molar-refractivity contribution in [2.45, 2.75) is 25.7 Å². The van der Waals surface area contributed by atoms with Gasteiger partial charge in [-0.05, 0) is 18.6 Å². The highest BCUT2D eigenvalue weighted by Gasteiger charge is 2.21. The maximum atomic E-state index is 11.3. The molecule has 0 heterocycles. The second kappa shape index (κ2) is 8.93. The molecule has 0 amide bonds. The molecule has 0 aliphatic rings. The highest BCUT2D eigenvalue weighted by atomic mass is 16.7. The van der Waals surface area contributed by atoms with E-state index in [-0.39, 0.29) is 6.61 Å². The molecule has 0 aliphatic heterocycles. The first-order chi connectivity index (χ1) is 9.71. The Labute approximate surface area is 119 Å². The van der Waals surface area contributed by atoms with Gasteiger partial charge in [-0.3, -0.25) is 0 Å². The number of hydrogen-bond donors (Lipinski definition) is 0. The minimum absolute atomic E-state index is 0.256. The lowest BCUT2D eigenvalue weighted by Crippen LogP contribution is -2.30. The monoisotopic (exact) mass is 276 g/mol. The van der Waals surface area contributed by atoms with Gasteiger partial charge in [-0.2, -0.15) is 0 Å². The first-order valence-corrected chi connectivity index (χ1v) is 6.45. The minimum atomic E-state index is -0.743. The summed E-state index contributed by atoms with van der Waals surface area (Å²) in [6.45, 7) is 9.69. The van der Waals surface area contributed by atoms with E-state index in [9.17, 15) is 4.79 Å². The lowest BCUT2D eigenvalue weighted by molar-refractivity contribution is -0.0304. The Balaban J connectivity index is 2.56. The van der Waals surface area contributed by atoms with E-state index in [4.69, 9.17) is 14.2 Å². The van der Waals surface area contributed by atoms with Crippen LogP contribution in [0.4, 0.5) is 4.79 Å². The Morgan fingerprint density at radius 3 is 2.40 bits per heavy atom. The minimum Gasteiger partial charge on any atom is -0.435 e. The molecule has 0 N–H and O–H groups in total. The van der Waals surface area contributed by atoms with Crippen LogP contribution in [0.1, 0.15) is 12.5 Å². The molecule has 108 valence electrons. The molecular weight excluding hydrogens is 256 g/mol. The summed E-state index contributed by atoms with van der Waals surface area (Å²) >= 11 is 0. The summed E-state index contributed by atoms with van der Waals surface area (Å²) in [6.07, 6.45) is 1.22. The third-order valence-electron chi connectivity index (χ3n) is 2.57. The van der Waals surface area contributed by atoms with Crippen LogP contribution in [0.15, 0.2) is 55.6 Å². The Hall–Kier alpha value is -2.07. The number of benzene rings is 1. The van der Waals surface area contributed by atoms with Crippen LogP contribution in [-0.2, 0) is 20.8 Å². The number of hydrogen-bond acceptors (Lipinski definition) is 4. The Kier molecular flexibility index (Phi) is 7.14. The number of rotatable bonds is 8. The van der Waals surface area contributed by atoms with Crippen LogP contribution < -0.4 is 0 Å². The topological polar surface area (TPSA) is 44.8 Å². The molecular formula is C16H20O4. The molecule has 20 heavy (non-hydrogen) atoms. The zero-order valence-electron chi connectivity index (χ0n) is 11.7. The third kappa shape index (κ3) is 5.28. The molecule has 0 aliphatic carbocycles. The van der Waals surface area contributed by atoms with Crippen LogP contribution >= 0.6 is 0 Å². The van der Waals surface area contributed by atoms with Gasteiger partial charge in [0.1, 0.15) is 6.10 Å². The summed E-state index contributed by atoms with van der Waals surface area (Å²) in [5, 5.41) is 0. The van der Waals surface area contributed by atoms with Crippen molar-refractivity contribution >= 4 is 6.16 Å². The van der Waals surface area contributed by atoms with E-state index >= 15 is 0 Å². The fourth-order valence-corrected chi connectivity index (χ4v) is 1.58. The summed E-state index contributed by atoms with van der Waals surface area (Å²) in [5.41, 5.74) is 1.03. The van der Waals surface area contributed by atoms with Crippen molar-refractivity contribution < 1.29 is 19.0 Å². The fourth-order valence-electron chi connectivity index (χ4n) is 1.58. The number of carbonyl (C=O) groups excluding carboxylic acids is 1.